The third kappa shape index (κ3) is 6.03. The van der Waals surface area contributed by atoms with Crippen molar-refractivity contribution in [3.8, 4) is 0 Å². The summed E-state index contributed by atoms with van der Waals surface area (Å²) < 4.78 is 1.21. The van der Waals surface area contributed by atoms with Gasteiger partial charge in [-0.25, -0.2) is 0 Å². The molecule has 1 aromatic heterocycles. The fourth-order valence-electron chi connectivity index (χ4n) is 2.44. The van der Waals surface area contributed by atoms with Gasteiger partial charge in [0.2, 0.25) is 0 Å². The van der Waals surface area contributed by atoms with Crippen LogP contribution in [0.2, 0.25) is 0 Å². The van der Waals surface area contributed by atoms with Crippen LogP contribution >= 0.6 is 27.3 Å². The van der Waals surface area contributed by atoms with Crippen molar-refractivity contribution in [1.82, 2.24) is 0 Å². The smallest absolute Gasteiger partial charge is 0.0314 e. The van der Waals surface area contributed by atoms with Crippen LogP contribution in [0.15, 0.2) is 15.9 Å². The van der Waals surface area contributed by atoms with E-state index in [2.05, 4.69) is 55.1 Å². The zero-order valence-corrected chi connectivity index (χ0v) is 13.7. The van der Waals surface area contributed by atoms with E-state index in [1.54, 1.807) is 11.3 Å². The van der Waals surface area contributed by atoms with E-state index < -0.39 is 0 Å². The van der Waals surface area contributed by atoms with E-state index >= 15 is 0 Å². The van der Waals surface area contributed by atoms with Crippen LogP contribution in [0, 0.1) is 11.3 Å². The topological polar surface area (TPSA) is 26.0 Å². The summed E-state index contributed by atoms with van der Waals surface area (Å²) in [6.07, 6.45) is 3.35. The van der Waals surface area contributed by atoms with E-state index in [1.807, 2.05) is 0 Å². The van der Waals surface area contributed by atoms with Gasteiger partial charge in [-0.1, -0.05) is 27.7 Å². The second-order valence-electron chi connectivity index (χ2n) is 6.26. The Bertz CT molecular complexity index is 340. The summed E-state index contributed by atoms with van der Waals surface area (Å²) in [7, 11) is 0. The number of hydrogen-bond acceptors (Lipinski definition) is 2. The zero-order valence-electron chi connectivity index (χ0n) is 11.3. The Kier molecular flexibility index (Phi) is 5.68. The average Bonchev–Trinajstić information content (AvgIpc) is 2.47. The molecule has 0 saturated carbocycles. The normalized spacial score (nSPS) is 15.9. The largest absolute Gasteiger partial charge is 0.327 e. The van der Waals surface area contributed by atoms with Gasteiger partial charge in [0.25, 0.3) is 0 Å². The molecule has 98 valence electrons. The molecule has 0 aromatic carbocycles. The second kappa shape index (κ2) is 6.35. The molecule has 0 saturated heterocycles. The minimum Gasteiger partial charge on any atom is -0.327 e. The van der Waals surface area contributed by atoms with Gasteiger partial charge in [-0.2, -0.15) is 0 Å². The summed E-state index contributed by atoms with van der Waals surface area (Å²) in [5.74, 6) is 0.698. The lowest BCUT2D eigenvalue weighted by atomic mass is 9.82. The van der Waals surface area contributed by atoms with Crippen LogP contribution in [0.25, 0.3) is 0 Å². The Morgan fingerprint density at radius 3 is 2.53 bits per heavy atom. The molecule has 2 atom stereocenters. The first kappa shape index (κ1) is 15.2. The maximum Gasteiger partial charge on any atom is 0.0314 e. The maximum absolute atomic E-state index is 6.24. The maximum atomic E-state index is 6.24. The molecule has 0 aliphatic carbocycles. The SMILES string of the molecule is CC(CC(N)Cc1sccc1Br)CC(C)(C)C. The van der Waals surface area contributed by atoms with Gasteiger partial charge in [0.1, 0.15) is 0 Å². The van der Waals surface area contributed by atoms with Gasteiger partial charge in [0.15, 0.2) is 0 Å². The molecule has 1 heterocycles. The van der Waals surface area contributed by atoms with E-state index in [1.165, 1.54) is 15.8 Å². The van der Waals surface area contributed by atoms with Crippen molar-refractivity contribution in [2.75, 3.05) is 0 Å². The van der Waals surface area contributed by atoms with Crippen molar-refractivity contribution in [2.24, 2.45) is 17.1 Å². The molecule has 17 heavy (non-hydrogen) atoms. The molecule has 0 radical (unpaired) electrons. The lowest BCUT2D eigenvalue weighted by molar-refractivity contribution is 0.285. The Labute approximate surface area is 118 Å². The Morgan fingerprint density at radius 2 is 2.06 bits per heavy atom. The van der Waals surface area contributed by atoms with Gasteiger partial charge in [-0.15, -0.1) is 11.3 Å². The van der Waals surface area contributed by atoms with Gasteiger partial charge in [0, 0.05) is 15.4 Å². The number of halogens is 1. The Morgan fingerprint density at radius 1 is 1.41 bits per heavy atom. The van der Waals surface area contributed by atoms with Crippen LogP contribution in [-0.2, 0) is 6.42 Å². The van der Waals surface area contributed by atoms with Crippen LogP contribution in [-0.4, -0.2) is 6.04 Å². The third-order valence-corrected chi connectivity index (χ3v) is 4.75. The van der Waals surface area contributed by atoms with E-state index in [0.29, 0.717) is 11.3 Å². The molecule has 1 nitrogen and oxygen atoms in total. The fraction of sp³-hybridized carbons (Fsp3) is 0.714. The predicted molar refractivity (Wildman–Crippen MR) is 81.6 cm³/mol. The highest BCUT2D eigenvalue weighted by Gasteiger charge is 2.18. The van der Waals surface area contributed by atoms with Crippen LogP contribution in [0.5, 0.6) is 0 Å². The summed E-state index contributed by atoms with van der Waals surface area (Å²) in [5, 5.41) is 2.12. The first-order valence-electron chi connectivity index (χ1n) is 6.25. The lowest BCUT2D eigenvalue weighted by Crippen LogP contribution is -2.26. The van der Waals surface area contributed by atoms with Crippen LogP contribution in [0.3, 0.4) is 0 Å². The van der Waals surface area contributed by atoms with E-state index in [-0.39, 0.29) is 6.04 Å². The highest BCUT2D eigenvalue weighted by Crippen LogP contribution is 2.28. The molecule has 0 aliphatic rings. The molecule has 0 bridgehead atoms. The van der Waals surface area contributed by atoms with Gasteiger partial charge >= 0.3 is 0 Å². The third-order valence-electron chi connectivity index (χ3n) is 2.80. The van der Waals surface area contributed by atoms with Gasteiger partial charge in [0.05, 0.1) is 0 Å². The quantitative estimate of drug-likeness (QED) is 0.826. The predicted octanol–water partition coefficient (Wildman–Crippen LogP) is 4.84. The van der Waals surface area contributed by atoms with Gasteiger partial charge in [-0.3, -0.25) is 0 Å². The second-order valence-corrected chi connectivity index (χ2v) is 8.12. The summed E-state index contributed by atoms with van der Waals surface area (Å²) in [6, 6.07) is 2.38. The summed E-state index contributed by atoms with van der Waals surface area (Å²) in [4.78, 5) is 1.38. The number of rotatable bonds is 5. The van der Waals surface area contributed by atoms with E-state index in [4.69, 9.17) is 5.73 Å². The standard InChI is InChI=1S/C14H24BrNS/c1-10(9-14(2,3)4)7-11(16)8-13-12(15)5-6-17-13/h5-6,10-11H,7-9,16H2,1-4H3. The summed E-state index contributed by atoms with van der Waals surface area (Å²) in [6.45, 7) is 9.20. The minimum absolute atomic E-state index is 0.280. The van der Waals surface area contributed by atoms with E-state index in [0.717, 1.165) is 12.8 Å². The first-order chi connectivity index (χ1) is 7.78. The monoisotopic (exact) mass is 317 g/mol. The van der Waals surface area contributed by atoms with Crippen LogP contribution < -0.4 is 5.73 Å². The lowest BCUT2D eigenvalue weighted by Gasteiger charge is -2.25. The average molecular weight is 318 g/mol. The number of nitrogens with two attached hydrogens (primary N) is 1. The van der Waals surface area contributed by atoms with Crippen molar-refractivity contribution in [3.63, 3.8) is 0 Å². The molecule has 0 amide bonds. The molecule has 2 N–H and O–H groups in total. The molecule has 3 heteroatoms. The van der Waals surface area contributed by atoms with Crippen molar-refractivity contribution >= 4 is 27.3 Å². The van der Waals surface area contributed by atoms with Crippen molar-refractivity contribution in [2.45, 2.75) is 53.0 Å². The molecule has 0 spiro atoms. The summed E-state index contributed by atoms with van der Waals surface area (Å²) >= 11 is 5.36. The molecule has 1 aromatic rings. The molecule has 2 unspecified atom stereocenters. The van der Waals surface area contributed by atoms with Gasteiger partial charge < -0.3 is 5.73 Å². The van der Waals surface area contributed by atoms with Gasteiger partial charge in [-0.05, 0) is 58.0 Å². The minimum atomic E-state index is 0.280. The molecular formula is C14H24BrNS. The number of thiophene rings is 1. The molecule has 0 fully saturated rings. The number of hydrogen-bond donors (Lipinski definition) is 1. The van der Waals surface area contributed by atoms with Crippen LogP contribution in [0.4, 0.5) is 0 Å². The van der Waals surface area contributed by atoms with E-state index in [9.17, 15) is 0 Å². The van der Waals surface area contributed by atoms with Crippen molar-refractivity contribution in [1.29, 1.82) is 0 Å². The Hall–Kier alpha value is 0.140. The zero-order chi connectivity index (χ0) is 13.1. The fourth-order valence-corrected chi connectivity index (χ4v) is 4.05. The summed E-state index contributed by atoms with van der Waals surface area (Å²) in [5.41, 5.74) is 6.64. The van der Waals surface area contributed by atoms with Crippen LogP contribution in [0.1, 0.15) is 45.4 Å². The molecule has 0 aliphatic heterocycles. The van der Waals surface area contributed by atoms with Crippen molar-refractivity contribution in [3.05, 3.63) is 20.8 Å². The first-order valence-corrected chi connectivity index (χ1v) is 7.92. The molecular weight excluding hydrogens is 294 g/mol. The highest BCUT2D eigenvalue weighted by atomic mass is 79.9. The molecule has 1 rings (SSSR count). The Balaban J connectivity index is 2.39. The highest BCUT2D eigenvalue weighted by molar-refractivity contribution is 9.10. The van der Waals surface area contributed by atoms with Crippen molar-refractivity contribution < 1.29 is 0 Å².